The van der Waals surface area contributed by atoms with Crippen LogP contribution < -0.4 is 0 Å². The summed E-state index contributed by atoms with van der Waals surface area (Å²) in [5.41, 5.74) is 0.952. The van der Waals surface area contributed by atoms with E-state index in [0.717, 1.165) is 21.6 Å². The normalized spacial score (nSPS) is 13.3. The lowest BCUT2D eigenvalue weighted by Gasteiger charge is -2.35. The topological polar surface area (TPSA) is 0 Å². The molecule has 0 aromatic heterocycles. The molecule has 0 heterocycles. The molecule has 0 N–H and O–H groups in total. The number of rotatable bonds is 11. The van der Waals surface area contributed by atoms with Gasteiger partial charge in [0.05, 0.1) is 25.7 Å². The van der Waals surface area contributed by atoms with Crippen LogP contribution in [0.5, 0.6) is 0 Å². The molecule has 0 saturated carbocycles. The van der Waals surface area contributed by atoms with Gasteiger partial charge in [-0.1, -0.05) is 86.8 Å². The van der Waals surface area contributed by atoms with Crippen LogP contribution in [0.4, 0.5) is 0 Å². The van der Waals surface area contributed by atoms with E-state index in [1.54, 1.807) is 0 Å². The Morgan fingerprint density at radius 2 is 1.45 bits per heavy atom. The summed E-state index contributed by atoms with van der Waals surface area (Å²) in [6.07, 6.45) is 10.8. The summed E-state index contributed by atoms with van der Waals surface area (Å²) in [7, 11) is 4.39. The minimum atomic E-state index is -0.0849. The zero-order valence-electron chi connectivity index (χ0n) is 14.5. The Hall–Kier alpha value is -0.240. The molecule has 1 rings (SSSR count). The van der Waals surface area contributed by atoms with Crippen LogP contribution in [0.1, 0.15) is 69.4 Å². The molecule has 126 valence electrons. The van der Waals surface area contributed by atoms with E-state index in [4.69, 9.17) is 23.2 Å². The van der Waals surface area contributed by atoms with Gasteiger partial charge in [0.2, 0.25) is 0 Å². The highest BCUT2D eigenvalue weighted by molar-refractivity contribution is 6.32. The third-order valence-corrected chi connectivity index (χ3v) is 5.47. The molecule has 0 aliphatic carbocycles. The second kappa shape index (κ2) is 10.5. The minimum Gasteiger partial charge on any atom is -0.309 e. The highest BCUT2D eigenvalue weighted by Gasteiger charge is 2.28. The first-order valence-electron chi connectivity index (χ1n) is 8.70. The first-order chi connectivity index (χ1) is 10.5. The van der Waals surface area contributed by atoms with Crippen LogP contribution in [0.15, 0.2) is 24.3 Å². The fraction of sp³-hybridized carbons (Fsp3) is 0.684. The van der Waals surface area contributed by atoms with Crippen LogP contribution in [0.3, 0.4) is 0 Å². The zero-order valence-corrected chi connectivity index (χ0v) is 16.0. The van der Waals surface area contributed by atoms with Gasteiger partial charge in [-0.2, -0.15) is 0 Å². The molecule has 3 heteroatoms. The number of alkyl halides is 1. The summed E-state index contributed by atoms with van der Waals surface area (Å²) in [6, 6.07) is 7.91. The van der Waals surface area contributed by atoms with E-state index >= 15 is 0 Å². The number of hydrogen-bond acceptors (Lipinski definition) is 0. The van der Waals surface area contributed by atoms with E-state index in [-0.39, 0.29) is 5.50 Å². The van der Waals surface area contributed by atoms with Gasteiger partial charge in [-0.05, 0) is 18.9 Å². The van der Waals surface area contributed by atoms with E-state index in [2.05, 4.69) is 21.0 Å². The van der Waals surface area contributed by atoms with Gasteiger partial charge in [0.1, 0.15) is 0 Å². The zero-order chi connectivity index (χ0) is 16.4. The van der Waals surface area contributed by atoms with E-state index in [9.17, 15) is 0 Å². The number of nitrogens with zero attached hydrogens (tertiary/aromatic N) is 1. The lowest BCUT2D eigenvalue weighted by molar-refractivity contribution is -0.907. The van der Waals surface area contributed by atoms with Gasteiger partial charge in [0.15, 0.2) is 5.50 Å². The minimum absolute atomic E-state index is 0.0849. The van der Waals surface area contributed by atoms with Gasteiger partial charge < -0.3 is 4.48 Å². The van der Waals surface area contributed by atoms with Gasteiger partial charge in [-0.15, -0.1) is 0 Å². The fourth-order valence-corrected chi connectivity index (χ4v) is 3.39. The summed E-state index contributed by atoms with van der Waals surface area (Å²) in [5, 5.41) is 0.768. The van der Waals surface area contributed by atoms with Crippen molar-refractivity contribution in [2.24, 2.45) is 0 Å². The third-order valence-electron chi connectivity index (χ3n) is 4.36. The summed E-state index contributed by atoms with van der Waals surface area (Å²) < 4.78 is 0.779. The van der Waals surface area contributed by atoms with Crippen molar-refractivity contribution in [1.82, 2.24) is 0 Å². The molecule has 22 heavy (non-hydrogen) atoms. The molecule has 1 unspecified atom stereocenters. The second-order valence-corrected chi connectivity index (χ2v) is 7.66. The standard InChI is InChI=1S/C19H32Cl2N/c1-4-5-6-7-8-9-10-13-16-22(2,3)19(21)17-14-11-12-15-18(17)20/h11-12,14-15,19H,4-10,13,16H2,1-3H3/q+1. The van der Waals surface area contributed by atoms with E-state index < -0.39 is 0 Å². The molecule has 1 nitrogen and oxygen atoms in total. The Labute approximate surface area is 147 Å². The largest absolute Gasteiger partial charge is 0.309 e. The number of halogens is 2. The van der Waals surface area contributed by atoms with E-state index in [1.165, 1.54) is 51.4 Å². The van der Waals surface area contributed by atoms with E-state index in [1.807, 2.05) is 24.3 Å². The second-order valence-electron chi connectivity index (χ2n) is 6.83. The maximum absolute atomic E-state index is 6.69. The number of quaternary nitrogens is 1. The van der Waals surface area contributed by atoms with Crippen molar-refractivity contribution in [1.29, 1.82) is 0 Å². The maximum Gasteiger partial charge on any atom is 0.191 e. The SMILES string of the molecule is CCCCCCCCCC[N+](C)(C)C(Cl)c1ccccc1Cl. The van der Waals surface area contributed by atoms with Gasteiger partial charge >= 0.3 is 0 Å². The first kappa shape index (κ1) is 19.8. The smallest absolute Gasteiger partial charge is 0.191 e. The molecule has 0 radical (unpaired) electrons. The highest BCUT2D eigenvalue weighted by Crippen LogP contribution is 2.34. The Kier molecular flexibility index (Phi) is 9.47. The van der Waals surface area contributed by atoms with Gasteiger partial charge in [0.25, 0.3) is 0 Å². The molecule has 0 fully saturated rings. The molecule has 1 atom stereocenters. The Bertz CT molecular complexity index is 418. The fourth-order valence-electron chi connectivity index (χ4n) is 2.81. The molecule has 0 saturated heterocycles. The van der Waals surface area contributed by atoms with Crippen LogP contribution in [-0.2, 0) is 0 Å². The summed E-state index contributed by atoms with van der Waals surface area (Å²) in [5.74, 6) is 0. The molecule has 1 aromatic rings. The van der Waals surface area contributed by atoms with Crippen LogP contribution in [0.25, 0.3) is 0 Å². The monoisotopic (exact) mass is 344 g/mol. The van der Waals surface area contributed by atoms with Crippen molar-refractivity contribution >= 4 is 23.2 Å². The summed E-state index contributed by atoms with van der Waals surface area (Å²) in [6.45, 7) is 3.36. The van der Waals surface area contributed by atoms with Crippen molar-refractivity contribution in [3.8, 4) is 0 Å². The number of hydrogen-bond donors (Lipinski definition) is 0. The molecule has 0 aliphatic heterocycles. The van der Waals surface area contributed by atoms with Crippen LogP contribution in [0.2, 0.25) is 5.02 Å². The van der Waals surface area contributed by atoms with Crippen LogP contribution in [0, 0.1) is 0 Å². The van der Waals surface area contributed by atoms with Crippen LogP contribution in [-0.4, -0.2) is 25.1 Å². The lowest BCUT2D eigenvalue weighted by atomic mass is 10.1. The van der Waals surface area contributed by atoms with Crippen molar-refractivity contribution in [2.75, 3.05) is 20.6 Å². The molecular weight excluding hydrogens is 313 g/mol. The average Bonchev–Trinajstić information content (AvgIpc) is 2.49. The number of unbranched alkanes of at least 4 members (excludes halogenated alkanes) is 7. The Morgan fingerprint density at radius 3 is 2.05 bits per heavy atom. The highest BCUT2D eigenvalue weighted by atomic mass is 35.5. The molecule has 0 spiro atoms. The molecule has 0 aliphatic rings. The quantitative estimate of drug-likeness (QED) is 0.179. The van der Waals surface area contributed by atoms with E-state index in [0.29, 0.717) is 0 Å². The van der Waals surface area contributed by atoms with Crippen molar-refractivity contribution in [3.05, 3.63) is 34.9 Å². The third kappa shape index (κ3) is 6.89. The molecule has 1 aromatic carbocycles. The number of benzene rings is 1. The average molecular weight is 345 g/mol. The van der Waals surface area contributed by atoms with Crippen molar-refractivity contribution in [3.63, 3.8) is 0 Å². The molecule has 0 bridgehead atoms. The van der Waals surface area contributed by atoms with Gasteiger partial charge in [0, 0.05) is 5.56 Å². The Morgan fingerprint density at radius 1 is 0.909 bits per heavy atom. The predicted molar refractivity (Wildman–Crippen MR) is 99.6 cm³/mol. The maximum atomic E-state index is 6.69. The first-order valence-corrected chi connectivity index (χ1v) is 9.51. The summed E-state index contributed by atoms with van der Waals surface area (Å²) in [4.78, 5) is 0. The molecular formula is C19H32Cl2N+. The lowest BCUT2D eigenvalue weighted by Crippen LogP contribution is -2.41. The van der Waals surface area contributed by atoms with Crippen molar-refractivity contribution < 1.29 is 4.48 Å². The van der Waals surface area contributed by atoms with Crippen molar-refractivity contribution in [2.45, 2.75) is 63.8 Å². The predicted octanol–water partition coefficient (Wildman–Crippen LogP) is 6.79. The van der Waals surface area contributed by atoms with Gasteiger partial charge in [-0.25, -0.2) is 0 Å². The van der Waals surface area contributed by atoms with Crippen LogP contribution >= 0.6 is 23.2 Å². The Balaban J connectivity index is 2.30. The van der Waals surface area contributed by atoms with Gasteiger partial charge in [-0.3, -0.25) is 0 Å². The molecule has 0 amide bonds. The summed E-state index contributed by atoms with van der Waals surface area (Å²) >= 11 is 13.0.